The van der Waals surface area contributed by atoms with Gasteiger partial charge >= 0.3 is 0 Å². The van der Waals surface area contributed by atoms with E-state index in [9.17, 15) is 0 Å². The first-order valence-electron chi connectivity index (χ1n) is 14.6. The second-order valence-corrected chi connectivity index (χ2v) is 11.1. The van der Waals surface area contributed by atoms with Crippen LogP contribution in [0.15, 0.2) is 103 Å². The van der Waals surface area contributed by atoms with Gasteiger partial charge in [-0.05, 0) is 0 Å². The quantitative estimate of drug-likeness (QED) is 0.156. The van der Waals surface area contributed by atoms with Gasteiger partial charge in [0.1, 0.15) is 0 Å². The molecule has 0 nitrogen and oxygen atoms in total. The van der Waals surface area contributed by atoms with Crippen LogP contribution in [-0.2, 0) is 98.1 Å². The summed E-state index contributed by atoms with van der Waals surface area (Å²) in [5, 5.41) is 0. The van der Waals surface area contributed by atoms with E-state index in [1.807, 2.05) is 42.5 Å². The van der Waals surface area contributed by atoms with Gasteiger partial charge in [0.05, 0.1) is 0 Å². The minimum absolute atomic E-state index is 0. The third-order valence-electron chi connectivity index (χ3n) is 7.05. The van der Waals surface area contributed by atoms with Crippen LogP contribution in [0.3, 0.4) is 0 Å². The van der Waals surface area contributed by atoms with Crippen LogP contribution in [-0.4, -0.2) is 0 Å². The third kappa shape index (κ3) is 13.3. The zero-order valence-electron chi connectivity index (χ0n) is 28.0. The van der Waals surface area contributed by atoms with E-state index in [1.165, 1.54) is 38.9 Å². The number of hydrogen-bond donors (Lipinski definition) is 0. The van der Waals surface area contributed by atoms with Crippen molar-refractivity contribution in [2.24, 2.45) is 0 Å². The summed E-state index contributed by atoms with van der Waals surface area (Å²) in [4.78, 5) is 0. The number of aryl methyl sites for hydroxylation is 7. The molecule has 6 aromatic rings. The molecular formula is C43H38Y3-6. The molecule has 0 saturated carbocycles. The van der Waals surface area contributed by atoms with Crippen molar-refractivity contribution in [3.8, 4) is 33.4 Å². The Balaban J connectivity index is 0.000000334. The van der Waals surface area contributed by atoms with Crippen LogP contribution in [0.4, 0.5) is 0 Å². The summed E-state index contributed by atoms with van der Waals surface area (Å²) in [5.74, 6) is 0. The Morgan fingerprint density at radius 2 is 0.717 bits per heavy atom. The van der Waals surface area contributed by atoms with E-state index in [4.69, 9.17) is 0 Å². The van der Waals surface area contributed by atoms with Crippen LogP contribution in [0.1, 0.15) is 38.9 Å². The second-order valence-electron chi connectivity index (χ2n) is 11.1. The van der Waals surface area contributed by atoms with Gasteiger partial charge in [-0.1, -0.05) is 48.5 Å². The fraction of sp³-hybridized carbons (Fsp3) is 0.163. The topological polar surface area (TPSA) is 0 Å². The molecule has 0 aromatic heterocycles. The van der Waals surface area contributed by atoms with Crippen molar-refractivity contribution in [2.45, 2.75) is 48.5 Å². The number of benzene rings is 6. The van der Waals surface area contributed by atoms with E-state index in [0.717, 1.165) is 33.4 Å². The van der Waals surface area contributed by atoms with E-state index >= 15 is 0 Å². The standard InChI is InChI=1S/C15H14.2C14H12.3Y/c1-11-4-7-14(8-5-11)15-9-6-12(2)10-13(15)3;1-11-3-7-13(8-4-11)14-9-5-12(2)6-10-14;1-11-7-9-13(10-8-11)14-6-4-3-5-12(14)2;;;/h4-7,10H,1-3H3;3-7,9H,1-2H3;3-5,7-9H,1-2H3;;;/q3*-2;;;. The zero-order chi connectivity index (χ0) is 30.8. The van der Waals surface area contributed by atoms with Crippen molar-refractivity contribution in [2.75, 3.05) is 0 Å². The van der Waals surface area contributed by atoms with Gasteiger partial charge in [0.15, 0.2) is 0 Å². The minimum Gasteiger partial charge on any atom is -0.226 e. The first-order valence-corrected chi connectivity index (χ1v) is 14.6. The molecule has 0 unspecified atom stereocenters. The summed E-state index contributed by atoms with van der Waals surface area (Å²) < 4.78 is 0. The molecule has 0 N–H and O–H groups in total. The molecular weight excluding hydrogens is 783 g/mol. The largest absolute Gasteiger partial charge is 0.226 e. The molecule has 0 amide bonds. The maximum absolute atomic E-state index is 3.31. The minimum atomic E-state index is 0. The predicted molar refractivity (Wildman–Crippen MR) is 182 cm³/mol. The van der Waals surface area contributed by atoms with Gasteiger partial charge in [-0.2, -0.15) is 139 Å². The van der Waals surface area contributed by atoms with Gasteiger partial charge in [0.25, 0.3) is 0 Å². The SMILES string of the molecule is Cc1c[c-]c(-c2[c-]cc(C)cc2)cc1.Cc1c[c-]c(-c2[c-]cc(C)cc2C)cc1.Cc1c[c-]c(-c2[c-]cccc2C)cc1.[Y].[Y].[Y]. The molecule has 0 heterocycles. The monoisotopic (exact) mass is 821 g/mol. The fourth-order valence-corrected chi connectivity index (χ4v) is 4.51. The van der Waals surface area contributed by atoms with E-state index in [0.29, 0.717) is 0 Å². The van der Waals surface area contributed by atoms with Crippen LogP contribution in [0.25, 0.3) is 33.4 Å². The Hall–Kier alpha value is -1.37. The predicted octanol–water partition coefficient (Wildman–Crippen LogP) is 11.0. The van der Waals surface area contributed by atoms with Crippen molar-refractivity contribution >= 4 is 0 Å². The van der Waals surface area contributed by atoms with Gasteiger partial charge in [-0.15, -0.1) is 39.9 Å². The van der Waals surface area contributed by atoms with E-state index in [1.54, 1.807) is 0 Å². The summed E-state index contributed by atoms with van der Waals surface area (Å²) in [7, 11) is 0. The molecule has 6 rings (SSSR count). The summed E-state index contributed by atoms with van der Waals surface area (Å²) in [6.07, 6.45) is 0. The van der Waals surface area contributed by atoms with Crippen molar-refractivity contribution in [3.05, 3.63) is 178 Å². The van der Waals surface area contributed by atoms with Crippen LogP contribution < -0.4 is 0 Å². The fourth-order valence-electron chi connectivity index (χ4n) is 4.51. The smallest absolute Gasteiger partial charge is 0 e. The van der Waals surface area contributed by atoms with Crippen molar-refractivity contribution in [1.82, 2.24) is 0 Å². The maximum atomic E-state index is 3.31. The normalized spacial score (nSPS) is 9.54. The first-order chi connectivity index (χ1) is 20.7. The molecule has 0 aliphatic rings. The summed E-state index contributed by atoms with van der Waals surface area (Å²) in [6.45, 7) is 14.6. The average Bonchev–Trinajstić information content (AvgIpc) is 3.00. The molecule has 225 valence electrons. The van der Waals surface area contributed by atoms with Gasteiger partial charge < -0.3 is 0 Å². The third-order valence-corrected chi connectivity index (χ3v) is 7.05. The molecule has 0 aliphatic heterocycles. The molecule has 0 bridgehead atoms. The second kappa shape index (κ2) is 21.6. The first kappa shape index (κ1) is 42.7. The Morgan fingerprint density at radius 3 is 1.07 bits per heavy atom. The Labute approximate surface area is 353 Å². The summed E-state index contributed by atoms with van der Waals surface area (Å²) >= 11 is 0. The van der Waals surface area contributed by atoms with Crippen molar-refractivity contribution < 1.29 is 98.1 Å². The summed E-state index contributed by atoms with van der Waals surface area (Å²) in [5.41, 5.74) is 15.5. The molecule has 0 aliphatic carbocycles. The van der Waals surface area contributed by atoms with Gasteiger partial charge in [0, 0.05) is 98.1 Å². The molecule has 6 aromatic carbocycles. The molecule has 46 heavy (non-hydrogen) atoms. The van der Waals surface area contributed by atoms with Crippen LogP contribution in [0.5, 0.6) is 0 Å². The van der Waals surface area contributed by atoms with Gasteiger partial charge in [-0.3, -0.25) is 0 Å². The molecule has 0 atom stereocenters. The van der Waals surface area contributed by atoms with E-state index in [2.05, 4.69) is 146 Å². The van der Waals surface area contributed by atoms with Crippen LogP contribution >= 0.6 is 0 Å². The molecule has 0 spiro atoms. The maximum Gasteiger partial charge on any atom is 0 e. The molecule has 0 saturated heterocycles. The molecule has 3 heteroatoms. The van der Waals surface area contributed by atoms with Crippen LogP contribution in [0.2, 0.25) is 0 Å². The number of hydrogen-bond acceptors (Lipinski definition) is 0. The van der Waals surface area contributed by atoms with E-state index in [-0.39, 0.29) is 98.1 Å². The molecule has 3 radical (unpaired) electrons. The van der Waals surface area contributed by atoms with Gasteiger partial charge in [-0.25, -0.2) is 33.4 Å². The van der Waals surface area contributed by atoms with Crippen molar-refractivity contribution in [1.29, 1.82) is 0 Å². The van der Waals surface area contributed by atoms with Crippen LogP contribution in [0, 0.1) is 84.9 Å². The average molecular weight is 821 g/mol. The van der Waals surface area contributed by atoms with Crippen molar-refractivity contribution in [3.63, 3.8) is 0 Å². The Kier molecular flexibility index (Phi) is 20.0. The van der Waals surface area contributed by atoms with Gasteiger partial charge in [0.2, 0.25) is 0 Å². The van der Waals surface area contributed by atoms with E-state index < -0.39 is 0 Å². The number of rotatable bonds is 3. The molecule has 0 fully saturated rings. The summed E-state index contributed by atoms with van der Waals surface area (Å²) in [6, 6.07) is 54.6. The zero-order valence-corrected chi connectivity index (χ0v) is 36.6. The Bertz CT molecular complexity index is 1690. The Morgan fingerprint density at radius 1 is 0.348 bits per heavy atom.